The molecule has 2 nitrogen and oxygen atoms in total. The van der Waals surface area contributed by atoms with E-state index in [4.69, 9.17) is 0 Å². The summed E-state index contributed by atoms with van der Waals surface area (Å²) in [6.45, 7) is 6.36. The van der Waals surface area contributed by atoms with E-state index >= 15 is 0 Å². The van der Waals surface area contributed by atoms with E-state index in [0.717, 1.165) is 27.5 Å². The maximum absolute atomic E-state index is 4.30. The van der Waals surface area contributed by atoms with Gasteiger partial charge in [0, 0.05) is 29.5 Å². The van der Waals surface area contributed by atoms with Crippen molar-refractivity contribution >= 4 is 45.6 Å². The van der Waals surface area contributed by atoms with Crippen LogP contribution in [0.3, 0.4) is 0 Å². The number of pyridine rings is 1. The van der Waals surface area contributed by atoms with Crippen molar-refractivity contribution in [1.82, 2.24) is 4.98 Å². The second-order valence-corrected chi connectivity index (χ2v) is 14.4. The minimum Gasteiger partial charge on any atom is -0.314 e. The molecular weight excluding hydrogens is 677 g/mol. The number of aromatic nitrogens is 1. The van der Waals surface area contributed by atoms with Crippen molar-refractivity contribution in [2.24, 2.45) is 0 Å². The van der Waals surface area contributed by atoms with Crippen molar-refractivity contribution in [2.75, 3.05) is 4.90 Å². The maximum Gasteiger partial charge on any atom is 0.0488 e. The Hall–Kier alpha value is -7.29. The van der Waals surface area contributed by atoms with Gasteiger partial charge in [-0.1, -0.05) is 164 Å². The Morgan fingerprint density at radius 1 is 0.464 bits per heavy atom. The smallest absolute Gasteiger partial charge is 0.0488 e. The molecule has 0 saturated heterocycles. The van der Waals surface area contributed by atoms with Crippen LogP contribution in [0.15, 0.2) is 200 Å². The first-order chi connectivity index (χ1) is 27.7. The summed E-state index contributed by atoms with van der Waals surface area (Å²) in [5, 5.41) is 7.22. The van der Waals surface area contributed by atoms with E-state index in [0.29, 0.717) is 0 Å². The Bertz CT molecular complexity index is 2980. The zero-order valence-corrected chi connectivity index (χ0v) is 31.2. The fourth-order valence-electron chi connectivity index (χ4n) is 8.68. The lowest BCUT2D eigenvalue weighted by atomic mass is 9.82. The Labute approximate surface area is 327 Å². The van der Waals surface area contributed by atoms with E-state index < -0.39 is 0 Å². The van der Waals surface area contributed by atoms with Gasteiger partial charge in [-0.05, 0) is 125 Å². The van der Waals surface area contributed by atoms with Gasteiger partial charge in [0.25, 0.3) is 0 Å². The maximum atomic E-state index is 4.30. The monoisotopic (exact) mass is 714 g/mol. The van der Waals surface area contributed by atoms with Crippen LogP contribution in [0.2, 0.25) is 0 Å². The minimum atomic E-state index is 1.01. The van der Waals surface area contributed by atoms with E-state index in [9.17, 15) is 0 Å². The summed E-state index contributed by atoms with van der Waals surface area (Å²) in [5.74, 6) is 0. The van der Waals surface area contributed by atoms with Crippen molar-refractivity contribution in [1.29, 1.82) is 0 Å². The molecule has 1 aromatic heterocycles. The lowest BCUT2D eigenvalue weighted by Crippen LogP contribution is -2.21. The van der Waals surface area contributed by atoms with Crippen molar-refractivity contribution in [2.45, 2.75) is 6.92 Å². The van der Waals surface area contributed by atoms with Crippen LogP contribution < -0.4 is 15.3 Å². The summed E-state index contributed by atoms with van der Waals surface area (Å²) in [6, 6.07) is 63.6. The zero-order valence-electron chi connectivity index (χ0n) is 31.2. The third kappa shape index (κ3) is 5.54. The van der Waals surface area contributed by atoms with Gasteiger partial charge in [-0.15, -0.1) is 0 Å². The molecule has 2 heteroatoms. The summed E-state index contributed by atoms with van der Waals surface area (Å²) >= 11 is 0. The first kappa shape index (κ1) is 33.3. The largest absolute Gasteiger partial charge is 0.314 e. The molecule has 0 fully saturated rings. The first-order valence-electron chi connectivity index (χ1n) is 19.1. The van der Waals surface area contributed by atoms with Gasteiger partial charge in [0.05, 0.1) is 0 Å². The number of fused-ring (bicyclic) bond motifs is 4. The molecule has 10 rings (SSSR count). The van der Waals surface area contributed by atoms with E-state index in [1.165, 1.54) is 77.2 Å². The molecule has 56 heavy (non-hydrogen) atoms. The number of anilines is 2. The molecule has 1 heterocycles. The van der Waals surface area contributed by atoms with Gasteiger partial charge in [0.15, 0.2) is 0 Å². The van der Waals surface area contributed by atoms with Gasteiger partial charge >= 0.3 is 0 Å². The summed E-state index contributed by atoms with van der Waals surface area (Å²) < 4.78 is 0. The van der Waals surface area contributed by atoms with Gasteiger partial charge < -0.3 is 4.90 Å². The summed E-state index contributed by atoms with van der Waals surface area (Å²) in [4.78, 5) is 6.58. The van der Waals surface area contributed by atoms with Gasteiger partial charge in [-0.3, -0.25) is 4.98 Å². The molecule has 0 bridgehead atoms. The van der Waals surface area contributed by atoms with Crippen LogP contribution >= 0.6 is 0 Å². The summed E-state index contributed by atoms with van der Waals surface area (Å²) in [7, 11) is 0. The molecule has 0 aliphatic heterocycles. The van der Waals surface area contributed by atoms with E-state index in [2.05, 4.69) is 199 Å². The Balaban J connectivity index is 1.15. The predicted octanol–water partition coefficient (Wildman–Crippen LogP) is 13.0. The quantitative estimate of drug-likeness (QED) is 0.163. The van der Waals surface area contributed by atoms with Gasteiger partial charge in [0.2, 0.25) is 0 Å². The predicted molar refractivity (Wildman–Crippen MR) is 238 cm³/mol. The molecule has 1 aliphatic rings. The van der Waals surface area contributed by atoms with Crippen LogP contribution in [-0.4, -0.2) is 4.98 Å². The molecular formula is C54H38N2. The fourth-order valence-corrected chi connectivity index (χ4v) is 8.68. The molecule has 0 spiro atoms. The van der Waals surface area contributed by atoms with E-state index in [1.807, 2.05) is 24.5 Å². The lowest BCUT2D eigenvalue weighted by Gasteiger charge is -2.26. The average molecular weight is 715 g/mol. The highest BCUT2D eigenvalue weighted by Crippen LogP contribution is 2.58. The number of hydrogen-bond donors (Lipinski definition) is 0. The SMILES string of the molecule is C=c1cccc/c1=C/C=C(\C)N(c1ccncc1)c1ccc(-c2ccc3c4c(cccc24)-c2c-3c(-c3ccccc3)c3ccccc3c2-c2ccccc2)cc1. The Morgan fingerprint density at radius 2 is 1.00 bits per heavy atom. The Morgan fingerprint density at radius 3 is 1.64 bits per heavy atom. The summed E-state index contributed by atoms with van der Waals surface area (Å²) in [6.07, 6.45) is 7.99. The molecule has 264 valence electrons. The lowest BCUT2D eigenvalue weighted by molar-refractivity contribution is 1.15. The van der Waals surface area contributed by atoms with Crippen LogP contribution in [0.4, 0.5) is 11.4 Å². The van der Waals surface area contributed by atoms with Crippen LogP contribution in [0.5, 0.6) is 0 Å². The van der Waals surface area contributed by atoms with Crippen molar-refractivity contribution < 1.29 is 0 Å². The average Bonchev–Trinajstić information content (AvgIpc) is 3.58. The first-order valence-corrected chi connectivity index (χ1v) is 19.1. The second-order valence-electron chi connectivity index (χ2n) is 14.4. The summed E-state index contributed by atoms with van der Waals surface area (Å²) in [5.41, 5.74) is 15.9. The molecule has 0 N–H and O–H groups in total. The Kier molecular flexibility index (Phi) is 8.23. The highest BCUT2D eigenvalue weighted by molar-refractivity contribution is 6.28. The molecule has 8 aromatic carbocycles. The molecule has 0 unspecified atom stereocenters. The van der Waals surface area contributed by atoms with Crippen molar-refractivity contribution in [3.8, 4) is 55.6 Å². The van der Waals surface area contributed by atoms with Crippen LogP contribution in [0.1, 0.15) is 6.92 Å². The van der Waals surface area contributed by atoms with Gasteiger partial charge in [-0.25, -0.2) is 0 Å². The normalized spacial score (nSPS) is 12.3. The van der Waals surface area contributed by atoms with Gasteiger partial charge in [-0.2, -0.15) is 0 Å². The van der Waals surface area contributed by atoms with Crippen LogP contribution in [-0.2, 0) is 0 Å². The number of hydrogen-bond acceptors (Lipinski definition) is 2. The van der Waals surface area contributed by atoms with Crippen LogP contribution in [0, 0.1) is 0 Å². The fraction of sp³-hybridized carbons (Fsp3) is 0.0185. The molecule has 0 radical (unpaired) electrons. The third-order valence-corrected chi connectivity index (χ3v) is 11.2. The molecule has 0 saturated carbocycles. The second kappa shape index (κ2) is 13.8. The number of rotatable bonds is 7. The van der Waals surface area contributed by atoms with E-state index in [-0.39, 0.29) is 0 Å². The van der Waals surface area contributed by atoms with Gasteiger partial charge in [0.1, 0.15) is 0 Å². The third-order valence-electron chi connectivity index (χ3n) is 11.2. The topological polar surface area (TPSA) is 16.1 Å². The molecule has 1 aliphatic carbocycles. The van der Waals surface area contributed by atoms with E-state index in [1.54, 1.807) is 0 Å². The standard InChI is InChI=1S/C54H38N2/c1-36-14-9-10-15-38(36)25-24-37(2)56(43-32-34-55-35-33-43)42-28-26-39(27-29-42)44-30-31-49-52-45(44)22-13-23-48(52)53-50(40-16-5-3-6-17-40)46-20-11-12-21-47(46)51(54(49)53)41-18-7-4-8-19-41/h3-35H,1H2,2H3/b37-24+,38-25-. The number of allylic oxidation sites excluding steroid dienone is 2. The van der Waals surface area contributed by atoms with Crippen molar-refractivity contribution in [3.05, 3.63) is 211 Å². The number of benzene rings is 8. The zero-order chi connectivity index (χ0) is 37.6. The van der Waals surface area contributed by atoms with Crippen LogP contribution in [0.25, 0.3) is 89.8 Å². The minimum absolute atomic E-state index is 1.01. The highest BCUT2D eigenvalue weighted by Gasteiger charge is 2.31. The molecule has 0 amide bonds. The molecule has 0 atom stereocenters. The number of nitrogens with zero attached hydrogens (tertiary/aromatic N) is 2. The molecule has 9 aromatic rings. The van der Waals surface area contributed by atoms with Crippen molar-refractivity contribution in [3.63, 3.8) is 0 Å². The highest BCUT2D eigenvalue weighted by atomic mass is 15.1.